The minimum absolute atomic E-state index is 0.195. The Morgan fingerprint density at radius 3 is 2.60 bits per heavy atom. The van der Waals surface area contributed by atoms with E-state index in [1.165, 1.54) is 11.1 Å². The van der Waals surface area contributed by atoms with Gasteiger partial charge in [-0.25, -0.2) is 0 Å². The first-order valence-corrected chi connectivity index (χ1v) is 7.50. The van der Waals surface area contributed by atoms with Gasteiger partial charge in [0.2, 0.25) is 0 Å². The number of aryl methyl sites for hydroxylation is 1. The van der Waals surface area contributed by atoms with E-state index in [2.05, 4.69) is 57.8 Å². The first-order chi connectivity index (χ1) is 9.45. The van der Waals surface area contributed by atoms with Gasteiger partial charge < -0.3 is 10.1 Å². The Bertz CT molecular complexity index is 418. The smallest absolute Gasteiger partial charge is 0.122 e. The summed E-state index contributed by atoms with van der Waals surface area (Å²) in [4.78, 5) is 0. The molecular formula is C18H29NO. The lowest BCUT2D eigenvalue weighted by Gasteiger charge is -2.20. The summed E-state index contributed by atoms with van der Waals surface area (Å²) < 4.78 is 5.86. The van der Waals surface area contributed by atoms with Crippen molar-refractivity contribution in [3.05, 3.63) is 42.0 Å². The van der Waals surface area contributed by atoms with Gasteiger partial charge in [0.05, 0.1) is 6.61 Å². The first kappa shape index (κ1) is 16.8. The highest BCUT2D eigenvalue weighted by Gasteiger charge is 2.14. The summed E-state index contributed by atoms with van der Waals surface area (Å²) in [6.07, 6.45) is 4.09. The third-order valence-corrected chi connectivity index (χ3v) is 3.34. The summed E-state index contributed by atoms with van der Waals surface area (Å²) in [6.45, 7) is 15.2. The molecule has 0 atom stereocenters. The predicted octanol–water partition coefficient (Wildman–Crippen LogP) is 4.23. The zero-order valence-corrected chi connectivity index (χ0v) is 13.5. The molecule has 1 aromatic rings. The van der Waals surface area contributed by atoms with Crippen LogP contribution in [0.1, 0.15) is 44.7 Å². The number of nitrogens with one attached hydrogen (secondary N) is 1. The van der Waals surface area contributed by atoms with E-state index in [1.807, 2.05) is 6.08 Å². The Hall–Kier alpha value is -1.28. The zero-order valence-electron chi connectivity index (χ0n) is 13.5. The molecule has 1 N–H and O–H groups in total. The molecular weight excluding hydrogens is 246 g/mol. The first-order valence-electron chi connectivity index (χ1n) is 7.50. The van der Waals surface area contributed by atoms with Gasteiger partial charge in [0.15, 0.2) is 0 Å². The predicted molar refractivity (Wildman–Crippen MR) is 87.7 cm³/mol. The Kier molecular flexibility index (Phi) is 6.80. The van der Waals surface area contributed by atoms with Crippen molar-refractivity contribution in [2.24, 2.45) is 0 Å². The number of benzene rings is 1. The van der Waals surface area contributed by atoms with Gasteiger partial charge in [-0.2, -0.15) is 0 Å². The molecule has 0 radical (unpaired) electrons. The lowest BCUT2D eigenvalue weighted by atomic mass is 9.86. The maximum absolute atomic E-state index is 5.86. The molecule has 1 aromatic carbocycles. The molecule has 0 aliphatic rings. The molecule has 0 aromatic heterocycles. The molecule has 0 saturated carbocycles. The van der Waals surface area contributed by atoms with E-state index in [4.69, 9.17) is 4.74 Å². The maximum Gasteiger partial charge on any atom is 0.122 e. The summed E-state index contributed by atoms with van der Waals surface area (Å²) >= 11 is 0. The standard InChI is InChI=1S/C18H29NO/c1-6-11-19-12-7-8-13-20-17-10-9-16(14-15(17)2)18(3,4)5/h6,9-10,14,19H,1,7-8,11-13H2,2-5H3. The quantitative estimate of drug-likeness (QED) is 0.566. The topological polar surface area (TPSA) is 21.3 Å². The summed E-state index contributed by atoms with van der Waals surface area (Å²) in [7, 11) is 0. The van der Waals surface area contributed by atoms with Crippen LogP contribution in [0.3, 0.4) is 0 Å². The molecule has 112 valence electrons. The van der Waals surface area contributed by atoms with Gasteiger partial charge in [0, 0.05) is 6.54 Å². The molecule has 0 amide bonds. The van der Waals surface area contributed by atoms with Crippen LogP contribution in [-0.2, 0) is 5.41 Å². The average Bonchev–Trinajstić information content (AvgIpc) is 2.38. The SMILES string of the molecule is C=CCNCCCCOc1ccc(C(C)(C)C)cc1C. The average molecular weight is 275 g/mol. The summed E-state index contributed by atoms with van der Waals surface area (Å²) in [5.41, 5.74) is 2.78. The molecule has 0 spiro atoms. The van der Waals surface area contributed by atoms with E-state index < -0.39 is 0 Å². The molecule has 0 aliphatic carbocycles. The molecule has 0 unspecified atom stereocenters. The second-order valence-electron chi connectivity index (χ2n) is 6.28. The van der Waals surface area contributed by atoms with Crippen LogP contribution in [-0.4, -0.2) is 19.7 Å². The number of unbranched alkanes of at least 4 members (excludes halogenated alkanes) is 1. The summed E-state index contributed by atoms with van der Waals surface area (Å²) in [5, 5.41) is 3.30. The van der Waals surface area contributed by atoms with Gasteiger partial charge in [-0.05, 0) is 48.9 Å². The molecule has 20 heavy (non-hydrogen) atoms. The number of rotatable bonds is 8. The van der Waals surface area contributed by atoms with Crippen molar-refractivity contribution in [3.63, 3.8) is 0 Å². The molecule has 1 rings (SSSR count). The molecule has 0 aliphatic heterocycles. The van der Waals surface area contributed by atoms with E-state index >= 15 is 0 Å². The minimum Gasteiger partial charge on any atom is -0.493 e. The summed E-state index contributed by atoms with van der Waals surface area (Å²) in [5.74, 6) is 1.01. The molecule has 2 heteroatoms. The molecule has 0 fully saturated rings. The number of hydrogen-bond donors (Lipinski definition) is 1. The van der Waals surface area contributed by atoms with E-state index in [-0.39, 0.29) is 5.41 Å². The van der Waals surface area contributed by atoms with Crippen molar-refractivity contribution in [2.75, 3.05) is 19.7 Å². The lowest BCUT2D eigenvalue weighted by Crippen LogP contribution is -2.15. The van der Waals surface area contributed by atoms with Crippen molar-refractivity contribution in [3.8, 4) is 5.75 Å². The second kappa shape index (κ2) is 8.11. The van der Waals surface area contributed by atoms with Gasteiger partial charge in [0.25, 0.3) is 0 Å². The molecule has 0 bridgehead atoms. The van der Waals surface area contributed by atoms with Crippen LogP contribution in [0.2, 0.25) is 0 Å². The summed E-state index contributed by atoms with van der Waals surface area (Å²) in [6, 6.07) is 6.51. The van der Waals surface area contributed by atoms with Crippen molar-refractivity contribution < 1.29 is 4.74 Å². The van der Waals surface area contributed by atoms with E-state index in [0.29, 0.717) is 0 Å². The van der Waals surface area contributed by atoms with Crippen LogP contribution in [0.5, 0.6) is 5.75 Å². The second-order valence-corrected chi connectivity index (χ2v) is 6.28. The molecule has 0 saturated heterocycles. The van der Waals surface area contributed by atoms with Crippen LogP contribution >= 0.6 is 0 Å². The van der Waals surface area contributed by atoms with E-state index in [9.17, 15) is 0 Å². The van der Waals surface area contributed by atoms with Gasteiger partial charge in [-0.15, -0.1) is 6.58 Å². The number of ether oxygens (including phenoxy) is 1. The highest BCUT2D eigenvalue weighted by atomic mass is 16.5. The lowest BCUT2D eigenvalue weighted by molar-refractivity contribution is 0.304. The third kappa shape index (κ3) is 5.79. The van der Waals surface area contributed by atoms with Gasteiger partial charge in [0.1, 0.15) is 5.75 Å². The molecule has 0 heterocycles. The fraction of sp³-hybridized carbons (Fsp3) is 0.556. The normalized spacial score (nSPS) is 11.4. The third-order valence-electron chi connectivity index (χ3n) is 3.34. The minimum atomic E-state index is 0.195. The maximum atomic E-state index is 5.86. The van der Waals surface area contributed by atoms with Gasteiger partial charge in [-0.3, -0.25) is 0 Å². The monoisotopic (exact) mass is 275 g/mol. The van der Waals surface area contributed by atoms with Crippen LogP contribution in [0.25, 0.3) is 0 Å². The van der Waals surface area contributed by atoms with Crippen molar-refractivity contribution >= 4 is 0 Å². The van der Waals surface area contributed by atoms with Gasteiger partial charge in [-0.1, -0.05) is 39.0 Å². The Labute approximate surface area is 124 Å². The van der Waals surface area contributed by atoms with E-state index in [1.54, 1.807) is 0 Å². The van der Waals surface area contributed by atoms with Crippen molar-refractivity contribution in [1.29, 1.82) is 0 Å². The van der Waals surface area contributed by atoms with Crippen molar-refractivity contribution in [2.45, 2.75) is 46.0 Å². The Morgan fingerprint density at radius 1 is 1.25 bits per heavy atom. The number of hydrogen-bond acceptors (Lipinski definition) is 2. The van der Waals surface area contributed by atoms with Crippen LogP contribution in [0, 0.1) is 6.92 Å². The largest absolute Gasteiger partial charge is 0.493 e. The Morgan fingerprint density at radius 2 is 2.00 bits per heavy atom. The highest BCUT2D eigenvalue weighted by Crippen LogP contribution is 2.27. The fourth-order valence-corrected chi connectivity index (χ4v) is 2.02. The van der Waals surface area contributed by atoms with Gasteiger partial charge >= 0.3 is 0 Å². The fourth-order valence-electron chi connectivity index (χ4n) is 2.02. The van der Waals surface area contributed by atoms with E-state index in [0.717, 1.165) is 38.3 Å². The highest BCUT2D eigenvalue weighted by molar-refractivity contribution is 5.38. The van der Waals surface area contributed by atoms with Crippen molar-refractivity contribution in [1.82, 2.24) is 5.32 Å². The Balaban J connectivity index is 2.36. The van der Waals surface area contributed by atoms with Crippen LogP contribution in [0.15, 0.2) is 30.9 Å². The van der Waals surface area contributed by atoms with Crippen LogP contribution in [0.4, 0.5) is 0 Å². The van der Waals surface area contributed by atoms with Crippen LogP contribution < -0.4 is 10.1 Å². The zero-order chi connectivity index (χ0) is 15.0. The molecule has 2 nitrogen and oxygen atoms in total.